The maximum atomic E-state index is 6.17. The van der Waals surface area contributed by atoms with Gasteiger partial charge in [0.1, 0.15) is 17.8 Å². The number of hydrogen-bond donors (Lipinski definition) is 6. The molecule has 0 bridgehead atoms. The largest absolute Gasteiger partial charge is 0.385 e. The van der Waals surface area contributed by atoms with Gasteiger partial charge < -0.3 is 37.3 Å². The van der Waals surface area contributed by atoms with Gasteiger partial charge in [-0.2, -0.15) is 0 Å². The predicted molar refractivity (Wildman–Crippen MR) is 111 cm³/mol. The number of hydrazine groups is 1. The molecule has 1 saturated heterocycles. The Morgan fingerprint density at radius 3 is 2.82 bits per heavy atom. The van der Waals surface area contributed by atoms with Gasteiger partial charge in [0.05, 0.1) is 12.2 Å². The molecule has 1 unspecified atom stereocenters. The standard InChI is InChI=1S/C19H33N9/c1-12-13(4-7-27(3)16(12)21)23-17-15-18(26-25-17)24-14(10-22-15)28-8-5-19(2,11-20)6-9-28/h4,17,22-23,25-26H,5-11,20-21H2,1-3H3. The zero-order valence-electron chi connectivity index (χ0n) is 17.1. The van der Waals surface area contributed by atoms with Crippen molar-refractivity contribution in [3.63, 3.8) is 0 Å². The SMILES string of the molecule is CC1=C(N)N(C)CC=C1NC1NNC2=C1NCC(N1CCC(C)(CN)CC1)=N2. The van der Waals surface area contributed by atoms with E-state index >= 15 is 0 Å². The number of allylic oxidation sites excluding steroid dienone is 1. The molecule has 0 aromatic rings. The third-order valence-corrected chi connectivity index (χ3v) is 6.45. The summed E-state index contributed by atoms with van der Waals surface area (Å²) in [6.07, 6.45) is 4.31. The highest BCUT2D eigenvalue weighted by Gasteiger charge is 2.34. The summed E-state index contributed by atoms with van der Waals surface area (Å²) in [5.41, 5.74) is 22.0. The number of nitrogens with zero attached hydrogens (tertiary/aromatic N) is 3. The zero-order chi connectivity index (χ0) is 19.9. The monoisotopic (exact) mass is 387 g/mol. The van der Waals surface area contributed by atoms with Crippen molar-refractivity contribution in [3.05, 3.63) is 34.7 Å². The Labute approximate surface area is 166 Å². The maximum absolute atomic E-state index is 6.17. The molecule has 8 N–H and O–H groups in total. The van der Waals surface area contributed by atoms with Crippen LogP contribution >= 0.6 is 0 Å². The number of hydrogen-bond acceptors (Lipinski definition) is 9. The molecule has 0 spiro atoms. The molecule has 1 atom stereocenters. The summed E-state index contributed by atoms with van der Waals surface area (Å²) in [4.78, 5) is 9.30. The number of aliphatic imine (C=N–C) groups is 1. The molecule has 9 heteroatoms. The van der Waals surface area contributed by atoms with Gasteiger partial charge in [-0.15, -0.1) is 0 Å². The Morgan fingerprint density at radius 1 is 1.36 bits per heavy atom. The quantitative estimate of drug-likeness (QED) is 0.375. The summed E-state index contributed by atoms with van der Waals surface area (Å²) >= 11 is 0. The number of nitrogens with two attached hydrogens (primary N) is 2. The zero-order valence-corrected chi connectivity index (χ0v) is 17.1. The van der Waals surface area contributed by atoms with Crippen LogP contribution in [0.3, 0.4) is 0 Å². The van der Waals surface area contributed by atoms with Crippen LogP contribution < -0.4 is 33.0 Å². The van der Waals surface area contributed by atoms with Gasteiger partial charge in [-0.05, 0) is 37.8 Å². The number of likely N-dealkylation sites (tertiary alicyclic amines) is 1. The Balaban J connectivity index is 1.43. The third-order valence-electron chi connectivity index (χ3n) is 6.45. The van der Waals surface area contributed by atoms with Crippen LogP contribution in [0.1, 0.15) is 26.7 Å². The lowest BCUT2D eigenvalue weighted by atomic mass is 9.80. The van der Waals surface area contributed by atoms with Crippen molar-refractivity contribution in [1.82, 2.24) is 31.3 Å². The fraction of sp³-hybridized carbons (Fsp3) is 0.632. The predicted octanol–water partition coefficient (Wildman–Crippen LogP) is -0.739. The number of rotatable bonds is 3. The molecule has 0 radical (unpaired) electrons. The summed E-state index contributed by atoms with van der Waals surface area (Å²) in [7, 11) is 2.00. The van der Waals surface area contributed by atoms with Crippen LogP contribution in [0, 0.1) is 5.41 Å². The van der Waals surface area contributed by atoms with E-state index in [9.17, 15) is 0 Å². The Morgan fingerprint density at radius 2 is 2.11 bits per heavy atom. The summed E-state index contributed by atoms with van der Waals surface area (Å²) in [6.45, 7) is 8.63. The fourth-order valence-corrected chi connectivity index (χ4v) is 4.06. The van der Waals surface area contributed by atoms with Crippen molar-refractivity contribution in [2.24, 2.45) is 21.9 Å². The van der Waals surface area contributed by atoms with Crippen LogP contribution in [0.15, 0.2) is 39.7 Å². The fourth-order valence-electron chi connectivity index (χ4n) is 4.06. The van der Waals surface area contributed by atoms with E-state index in [1.54, 1.807) is 0 Å². The minimum Gasteiger partial charge on any atom is -0.385 e. The highest BCUT2D eigenvalue weighted by Crippen LogP contribution is 2.30. The number of amidine groups is 1. The Hall–Kier alpha value is -2.39. The molecule has 4 aliphatic heterocycles. The van der Waals surface area contributed by atoms with E-state index in [0.717, 1.165) is 80.0 Å². The molecule has 1 fully saturated rings. The molecule has 4 heterocycles. The van der Waals surface area contributed by atoms with E-state index in [0.29, 0.717) is 0 Å². The van der Waals surface area contributed by atoms with Crippen LogP contribution in [-0.4, -0.2) is 61.6 Å². The molecule has 0 amide bonds. The van der Waals surface area contributed by atoms with Gasteiger partial charge in [0.25, 0.3) is 0 Å². The molecule has 0 saturated carbocycles. The first-order valence-electron chi connectivity index (χ1n) is 10.1. The van der Waals surface area contributed by atoms with Crippen molar-refractivity contribution in [1.29, 1.82) is 0 Å². The molecule has 9 nitrogen and oxygen atoms in total. The van der Waals surface area contributed by atoms with E-state index in [-0.39, 0.29) is 11.6 Å². The highest BCUT2D eigenvalue weighted by molar-refractivity contribution is 5.86. The normalized spacial score (nSPS) is 27.1. The maximum Gasteiger partial charge on any atom is 0.165 e. The van der Waals surface area contributed by atoms with E-state index in [1.165, 1.54) is 0 Å². The summed E-state index contributed by atoms with van der Waals surface area (Å²) in [5.74, 6) is 2.75. The lowest BCUT2D eigenvalue weighted by molar-refractivity contribution is 0.174. The molecular formula is C19H33N9. The molecule has 4 aliphatic rings. The van der Waals surface area contributed by atoms with Crippen LogP contribution in [0.2, 0.25) is 0 Å². The van der Waals surface area contributed by atoms with Gasteiger partial charge in [-0.3, -0.25) is 0 Å². The van der Waals surface area contributed by atoms with E-state index in [4.69, 9.17) is 16.5 Å². The van der Waals surface area contributed by atoms with E-state index < -0.39 is 0 Å². The second-order valence-electron chi connectivity index (χ2n) is 8.50. The van der Waals surface area contributed by atoms with Gasteiger partial charge in [-0.25, -0.2) is 10.4 Å². The van der Waals surface area contributed by atoms with Gasteiger partial charge >= 0.3 is 0 Å². The molecule has 0 aromatic heterocycles. The van der Waals surface area contributed by atoms with Crippen LogP contribution in [0.4, 0.5) is 0 Å². The first kappa shape index (κ1) is 18.9. The minimum absolute atomic E-state index is 0.0698. The number of likely N-dealkylation sites (N-methyl/N-ethyl adjacent to an activating group) is 1. The first-order chi connectivity index (χ1) is 13.4. The molecule has 4 rings (SSSR count). The topological polar surface area (TPSA) is 119 Å². The second kappa shape index (κ2) is 7.21. The van der Waals surface area contributed by atoms with E-state index in [2.05, 4.69) is 39.4 Å². The summed E-state index contributed by atoms with van der Waals surface area (Å²) in [5, 5.41) is 7.08. The molecule has 0 aliphatic carbocycles. The van der Waals surface area contributed by atoms with Crippen LogP contribution in [0.25, 0.3) is 0 Å². The lowest BCUT2D eigenvalue weighted by Crippen LogP contribution is -2.50. The van der Waals surface area contributed by atoms with Crippen LogP contribution in [0.5, 0.6) is 0 Å². The van der Waals surface area contributed by atoms with Crippen LogP contribution in [-0.2, 0) is 0 Å². The molecule has 0 aromatic carbocycles. The smallest absolute Gasteiger partial charge is 0.165 e. The molecule has 154 valence electrons. The first-order valence-corrected chi connectivity index (χ1v) is 10.1. The van der Waals surface area contributed by atoms with Crippen molar-refractivity contribution in [2.45, 2.75) is 32.9 Å². The Bertz CT molecular complexity index is 755. The van der Waals surface area contributed by atoms with Crippen molar-refractivity contribution < 1.29 is 0 Å². The van der Waals surface area contributed by atoms with E-state index in [1.807, 2.05) is 18.9 Å². The third kappa shape index (κ3) is 3.40. The lowest BCUT2D eigenvalue weighted by Gasteiger charge is -2.40. The molecule has 28 heavy (non-hydrogen) atoms. The average Bonchev–Trinajstić information content (AvgIpc) is 3.11. The summed E-state index contributed by atoms with van der Waals surface area (Å²) in [6, 6.07) is 0. The minimum atomic E-state index is -0.0698. The highest BCUT2D eigenvalue weighted by atomic mass is 15.5. The summed E-state index contributed by atoms with van der Waals surface area (Å²) < 4.78 is 0. The van der Waals surface area contributed by atoms with Crippen molar-refractivity contribution >= 4 is 5.84 Å². The van der Waals surface area contributed by atoms with Crippen molar-refractivity contribution in [3.8, 4) is 0 Å². The Kier molecular flexibility index (Phi) is 4.88. The van der Waals surface area contributed by atoms with Gasteiger partial charge in [0, 0.05) is 38.0 Å². The van der Waals surface area contributed by atoms with Crippen molar-refractivity contribution in [2.75, 3.05) is 39.8 Å². The van der Waals surface area contributed by atoms with Gasteiger partial charge in [0.15, 0.2) is 5.82 Å². The number of nitrogens with one attached hydrogen (secondary N) is 4. The van der Waals surface area contributed by atoms with Gasteiger partial charge in [-0.1, -0.05) is 6.92 Å². The number of piperidine rings is 1. The molecular weight excluding hydrogens is 354 g/mol. The second-order valence-corrected chi connectivity index (χ2v) is 8.50. The average molecular weight is 388 g/mol. The van der Waals surface area contributed by atoms with Gasteiger partial charge in [0.2, 0.25) is 0 Å².